The van der Waals surface area contributed by atoms with E-state index >= 15 is 0 Å². The maximum absolute atomic E-state index is 12.4. The molecule has 0 spiro atoms. The fraction of sp³-hybridized carbons (Fsp3) is 0.333. The number of benzene rings is 2. The molecule has 1 fully saturated rings. The molecule has 0 unspecified atom stereocenters. The Bertz CT molecular complexity index is 995. The van der Waals surface area contributed by atoms with Crippen molar-refractivity contribution in [3.05, 3.63) is 52.0 Å². The van der Waals surface area contributed by atoms with Gasteiger partial charge in [-0.2, -0.15) is 0 Å². The molecule has 8 heteroatoms. The minimum absolute atomic E-state index is 0.372. The van der Waals surface area contributed by atoms with Crippen molar-refractivity contribution >= 4 is 40.3 Å². The third kappa shape index (κ3) is 5.08. The number of rotatable bonds is 6. The van der Waals surface area contributed by atoms with Crippen LogP contribution in [0, 0.1) is 0 Å². The zero-order valence-electron chi connectivity index (χ0n) is 15.7. The van der Waals surface area contributed by atoms with Crippen molar-refractivity contribution in [3.8, 4) is 11.5 Å². The largest absolute Gasteiger partial charge is 0.462 e. The minimum Gasteiger partial charge on any atom is -0.462 e. The van der Waals surface area contributed by atoms with Crippen molar-refractivity contribution in [3.63, 3.8) is 0 Å². The van der Waals surface area contributed by atoms with E-state index < -0.39 is 0 Å². The van der Waals surface area contributed by atoms with Crippen molar-refractivity contribution in [2.24, 2.45) is 0 Å². The highest BCUT2D eigenvalue weighted by Gasteiger charge is 2.14. The van der Waals surface area contributed by atoms with E-state index in [1.54, 1.807) is 36.4 Å². The Kier molecular flexibility index (Phi) is 6.35. The summed E-state index contributed by atoms with van der Waals surface area (Å²) in [5.41, 5.74) is 2.24. The average molecular weight is 435 g/mol. The summed E-state index contributed by atoms with van der Waals surface area (Å²) in [5.74, 6) is 0.0121. The van der Waals surface area contributed by atoms with Gasteiger partial charge in [0.15, 0.2) is 5.58 Å². The van der Waals surface area contributed by atoms with E-state index in [2.05, 4.69) is 9.88 Å². The van der Waals surface area contributed by atoms with Gasteiger partial charge in [-0.3, -0.25) is 4.90 Å². The molecule has 2 aromatic carbocycles. The molecule has 2 heterocycles. The van der Waals surface area contributed by atoms with Gasteiger partial charge in [0.2, 0.25) is 5.89 Å². The predicted molar refractivity (Wildman–Crippen MR) is 112 cm³/mol. The maximum Gasteiger partial charge on any atom is 0.338 e. The number of carbonyl (C=O) groups is 1. The molecule has 0 radical (unpaired) electrons. The van der Waals surface area contributed by atoms with Crippen LogP contribution < -0.4 is 0 Å². The van der Waals surface area contributed by atoms with Crippen LogP contribution in [-0.2, 0) is 9.47 Å². The topological polar surface area (TPSA) is 64.8 Å². The highest BCUT2D eigenvalue weighted by atomic mass is 35.5. The lowest BCUT2D eigenvalue weighted by molar-refractivity contribution is 0.0298. The van der Waals surface area contributed by atoms with Crippen LogP contribution in [0.25, 0.3) is 22.6 Å². The van der Waals surface area contributed by atoms with Crippen LogP contribution in [-0.4, -0.2) is 55.3 Å². The van der Waals surface area contributed by atoms with E-state index in [1.165, 1.54) is 0 Å². The van der Waals surface area contributed by atoms with Crippen LogP contribution in [0.15, 0.2) is 40.8 Å². The first-order valence-electron chi connectivity index (χ1n) is 9.43. The van der Waals surface area contributed by atoms with E-state index in [-0.39, 0.29) is 5.97 Å². The molecule has 6 nitrogen and oxygen atoms in total. The van der Waals surface area contributed by atoms with E-state index in [4.69, 9.17) is 37.1 Å². The monoisotopic (exact) mass is 434 g/mol. The fourth-order valence-electron chi connectivity index (χ4n) is 3.21. The van der Waals surface area contributed by atoms with Gasteiger partial charge in [-0.05, 0) is 42.8 Å². The number of halogens is 2. The lowest BCUT2D eigenvalue weighted by Gasteiger charge is -2.26. The Morgan fingerprint density at radius 3 is 2.62 bits per heavy atom. The summed E-state index contributed by atoms with van der Waals surface area (Å²) in [6.45, 7) is 4.65. The van der Waals surface area contributed by atoms with Gasteiger partial charge in [0.05, 0.1) is 25.4 Å². The number of fused-ring (bicyclic) bond motifs is 1. The number of esters is 1. The lowest BCUT2D eigenvalue weighted by Crippen LogP contribution is -2.37. The maximum atomic E-state index is 12.4. The van der Waals surface area contributed by atoms with Crippen LogP contribution in [0.3, 0.4) is 0 Å². The number of nitrogens with zero attached hydrogens (tertiary/aromatic N) is 2. The quantitative estimate of drug-likeness (QED) is 0.414. The smallest absolute Gasteiger partial charge is 0.338 e. The summed E-state index contributed by atoms with van der Waals surface area (Å²) in [6, 6.07) is 10.1. The van der Waals surface area contributed by atoms with Crippen LogP contribution in [0.1, 0.15) is 16.8 Å². The van der Waals surface area contributed by atoms with Crippen molar-refractivity contribution in [2.45, 2.75) is 6.42 Å². The number of oxazole rings is 1. The normalized spacial score (nSPS) is 15.0. The van der Waals surface area contributed by atoms with Crippen molar-refractivity contribution in [2.75, 3.05) is 39.5 Å². The van der Waals surface area contributed by atoms with Crippen LogP contribution in [0.2, 0.25) is 10.0 Å². The van der Waals surface area contributed by atoms with Gasteiger partial charge >= 0.3 is 5.97 Å². The molecule has 29 heavy (non-hydrogen) atoms. The van der Waals surface area contributed by atoms with Crippen molar-refractivity contribution in [1.82, 2.24) is 9.88 Å². The van der Waals surface area contributed by atoms with E-state index in [0.29, 0.717) is 44.8 Å². The molecule has 1 aromatic heterocycles. The molecule has 3 aromatic rings. The van der Waals surface area contributed by atoms with Gasteiger partial charge in [-0.25, -0.2) is 9.78 Å². The zero-order valence-corrected chi connectivity index (χ0v) is 17.2. The highest BCUT2D eigenvalue weighted by Crippen LogP contribution is 2.29. The van der Waals surface area contributed by atoms with Gasteiger partial charge in [0.1, 0.15) is 5.52 Å². The molecule has 1 aliphatic rings. The molecular weight excluding hydrogens is 415 g/mol. The third-order valence-electron chi connectivity index (χ3n) is 4.69. The summed E-state index contributed by atoms with van der Waals surface area (Å²) < 4.78 is 16.5. The predicted octanol–water partition coefficient (Wildman–Crippen LogP) is 4.68. The van der Waals surface area contributed by atoms with Crippen molar-refractivity contribution < 1.29 is 18.7 Å². The number of hydrogen-bond donors (Lipinski definition) is 0. The van der Waals surface area contributed by atoms with E-state index in [0.717, 1.165) is 39.3 Å². The Morgan fingerprint density at radius 1 is 1.10 bits per heavy atom. The standard InChI is InChI=1S/C21H20Cl2N2O4/c22-16-10-15(11-17(23)13-16)20-24-18-3-2-14(12-19(18)29-20)21(26)28-7-1-4-25-5-8-27-9-6-25/h2-3,10-13H,1,4-9H2. The van der Waals surface area contributed by atoms with Crippen LogP contribution in [0.5, 0.6) is 0 Å². The Morgan fingerprint density at radius 2 is 1.86 bits per heavy atom. The Hall–Kier alpha value is -2.12. The first-order valence-corrected chi connectivity index (χ1v) is 10.2. The second kappa shape index (κ2) is 9.13. The molecule has 152 valence electrons. The molecule has 4 rings (SSSR count). The van der Waals surface area contributed by atoms with Crippen LogP contribution >= 0.6 is 23.2 Å². The molecule has 1 aliphatic heterocycles. The molecule has 0 N–H and O–H groups in total. The number of aromatic nitrogens is 1. The second-order valence-corrected chi connectivity index (χ2v) is 7.68. The number of morpholine rings is 1. The molecule has 0 bridgehead atoms. The summed E-state index contributed by atoms with van der Waals surface area (Å²) in [6.07, 6.45) is 0.788. The van der Waals surface area contributed by atoms with Crippen LogP contribution in [0.4, 0.5) is 0 Å². The molecule has 0 atom stereocenters. The van der Waals surface area contributed by atoms with Gasteiger partial charge in [0, 0.05) is 35.2 Å². The molecule has 0 aliphatic carbocycles. The van der Waals surface area contributed by atoms with E-state index in [1.807, 2.05) is 0 Å². The first-order chi connectivity index (χ1) is 14.1. The molecule has 0 amide bonds. The van der Waals surface area contributed by atoms with Gasteiger partial charge in [-0.1, -0.05) is 23.2 Å². The van der Waals surface area contributed by atoms with Gasteiger partial charge < -0.3 is 13.9 Å². The summed E-state index contributed by atoms with van der Waals surface area (Å²) >= 11 is 12.1. The molecule has 0 saturated carbocycles. The van der Waals surface area contributed by atoms with E-state index in [9.17, 15) is 4.79 Å². The summed E-state index contributed by atoms with van der Waals surface area (Å²) in [5, 5.41) is 0.993. The fourth-order valence-corrected chi connectivity index (χ4v) is 3.74. The molecule has 1 saturated heterocycles. The SMILES string of the molecule is O=C(OCCCN1CCOCC1)c1ccc2nc(-c3cc(Cl)cc(Cl)c3)oc2c1. The second-order valence-electron chi connectivity index (χ2n) is 6.80. The summed E-state index contributed by atoms with van der Waals surface area (Å²) in [4.78, 5) is 19.1. The molecular formula is C21H20Cl2N2O4. The first kappa shape index (κ1) is 20.2. The number of hydrogen-bond acceptors (Lipinski definition) is 6. The number of carbonyl (C=O) groups excluding carboxylic acids is 1. The Labute approximate surface area is 178 Å². The van der Waals surface area contributed by atoms with Gasteiger partial charge in [-0.15, -0.1) is 0 Å². The minimum atomic E-state index is -0.377. The van der Waals surface area contributed by atoms with Crippen molar-refractivity contribution in [1.29, 1.82) is 0 Å². The average Bonchev–Trinajstić information content (AvgIpc) is 3.14. The third-order valence-corrected chi connectivity index (χ3v) is 5.13. The summed E-state index contributed by atoms with van der Waals surface area (Å²) in [7, 11) is 0. The Balaban J connectivity index is 1.39. The lowest BCUT2D eigenvalue weighted by atomic mass is 10.2. The van der Waals surface area contributed by atoms with Gasteiger partial charge in [0.25, 0.3) is 0 Å². The highest BCUT2D eigenvalue weighted by molar-refractivity contribution is 6.35. The number of ether oxygens (including phenoxy) is 2. The zero-order chi connectivity index (χ0) is 20.2.